The Morgan fingerprint density at radius 1 is 0.292 bits per heavy atom. The lowest BCUT2D eigenvalue weighted by Crippen LogP contribution is -1.89. The van der Waals surface area contributed by atoms with Crippen molar-refractivity contribution in [1.82, 2.24) is 0 Å². The largest absolute Gasteiger partial charge is 0.103 e. The summed E-state index contributed by atoms with van der Waals surface area (Å²) in [5, 5.41) is 0. The number of rotatable bonds is 43. The molecule has 0 nitrogen and oxygen atoms in total. The van der Waals surface area contributed by atoms with Crippen LogP contribution in [0, 0.1) is 0 Å². The molecule has 0 bridgehead atoms. The van der Waals surface area contributed by atoms with Crippen molar-refractivity contribution in [1.29, 1.82) is 0 Å². The lowest BCUT2D eigenvalue weighted by atomic mass is 9.97. The molecular weight excluding hydrogens is 577 g/mol. The van der Waals surface area contributed by atoms with Gasteiger partial charge in [0, 0.05) is 0 Å². The molecule has 0 heteroatoms. The van der Waals surface area contributed by atoms with E-state index in [1.807, 2.05) is 5.57 Å². The highest BCUT2D eigenvalue weighted by Gasteiger charge is 2.01. The molecule has 0 rings (SSSR count). The molecule has 0 saturated carbocycles. The van der Waals surface area contributed by atoms with Crippen LogP contribution in [0.1, 0.15) is 270 Å². The van der Waals surface area contributed by atoms with Crippen molar-refractivity contribution >= 4 is 0 Å². The first-order valence-corrected chi connectivity index (χ1v) is 22.7. The second-order valence-corrected chi connectivity index (χ2v) is 15.7. The average Bonchev–Trinajstić information content (AvgIpc) is 3.10. The molecule has 0 heterocycles. The molecule has 0 amide bonds. The average molecular weight is 669 g/mol. The van der Waals surface area contributed by atoms with Gasteiger partial charge in [0.25, 0.3) is 0 Å². The van der Waals surface area contributed by atoms with Crippen LogP contribution in [0.2, 0.25) is 0 Å². The highest BCUT2D eigenvalue weighted by molar-refractivity contribution is 5.02. The summed E-state index contributed by atoms with van der Waals surface area (Å²) in [6.45, 7) is 9.99. The van der Waals surface area contributed by atoms with Crippen LogP contribution >= 0.6 is 0 Å². The van der Waals surface area contributed by atoms with E-state index in [1.165, 1.54) is 263 Å². The van der Waals surface area contributed by atoms with Gasteiger partial charge in [-0.2, -0.15) is 0 Å². The highest BCUT2D eigenvalue weighted by Crippen LogP contribution is 2.21. The van der Waals surface area contributed by atoms with Crippen molar-refractivity contribution < 1.29 is 0 Å². The van der Waals surface area contributed by atoms with Crippen molar-refractivity contribution in [2.24, 2.45) is 0 Å². The monoisotopic (exact) mass is 669 g/mol. The molecular formula is C48H92. The number of unbranched alkanes of at least 4 members (excludes halogenated alkanes) is 36. The van der Waals surface area contributed by atoms with Crippen LogP contribution in [0.4, 0.5) is 0 Å². The van der Waals surface area contributed by atoms with Gasteiger partial charge in [-0.1, -0.05) is 230 Å². The zero-order chi connectivity index (χ0) is 34.7. The Morgan fingerprint density at radius 3 is 0.792 bits per heavy atom. The van der Waals surface area contributed by atoms with Gasteiger partial charge in [0.15, 0.2) is 0 Å². The lowest BCUT2D eigenvalue weighted by molar-refractivity contribution is 0.534. The summed E-state index contributed by atoms with van der Waals surface area (Å²) in [6.07, 6.45) is 65.4. The summed E-state index contributed by atoms with van der Waals surface area (Å²) in [5.74, 6) is 0. The third-order valence-corrected chi connectivity index (χ3v) is 10.8. The van der Waals surface area contributed by atoms with Gasteiger partial charge < -0.3 is 0 Å². The van der Waals surface area contributed by atoms with E-state index in [0.29, 0.717) is 0 Å². The van der Waals surface area contributed by atoms with Crippen molar-refractivity contribution in [3.05, 3.63) is 37.0 Å². The zero-order valence-electron chi connectivity index (χ0n) is 33.6. The molecule has 0 aromatic carbocycles. The Morgan fingerprint density at radius 2 is 0.521 bits per heavy atom. The van der Waals surface area contributed by atoms with Crippen LogP contribution < -0.4 is 0 Å². The van der Waals surface area contributed by atoms with Crippen LogP contribution in [0.25, 0.3) is 0 Å². The first kappa shape index (κ1) is 47.2. The first-order valence-electron chi connectivity index (χ1n) is 22.7. The van der Waals surface area contributed by atoms with Gasteiger partial charge in [-0.25, -0.2) is 0 Å². The number of hydrogen-bond donors (Lipinski definition) is 0. The minimum atomic E-state index is 1.20. The molecule has 0 aromatic rings. The second-order valence-electron chi connectivity index (χ2n) is 15.7. The number of allylic oxidation sites excluding steroid dienone is 4. The topological polar surface area (TPSA) is 0 Å². The molecule has 0 aliphatic heterocycles. The second kappa shape index (κ2) is 44.2. The third kappa shape index (κ3) is 41.4. The van der Waals surface area contributed by atoms with Crippen molar-refractivity contribution in [2.75, 3.05) is 0 Å². The fourth-order valence-corrected chi connectivity index (χ4v) is 7.44. The van der Waals surface area contributed by atoms with E-state index in [-0.39, 0.29) is 0 Å². The Bertz CT molecular complexity index is 626. The quantitative estimate of drug-likeness (QED) is 0.0448. The van der Waals surface area contributed by atoms with Crippen molar-refractivity contribution in [3.8, 4) is 0 Å². The Labute approximate surface area is 306 Å². The molecule has 0 aliphatic rings. The number of hydrogen-bond acceptors (Lipinski definition) is 0. The zero-order valence-corrected chi connectivity index (χ0v) is 33.6. The van der Waals surface area contributed by atoms with Gasteiger partial charge in [0.2, 0.25) is 0 Å². The normalized spacial score (nSPS) is 11.8. The molecule has 0 aromatic heterocycles. The predicted molar refractivity (Wildman–Crippen MR) is 223 cm³/mol. The van der Waals surface area contributed by atoms with Gasteiger partial charge in [-0.05, 0) is 64.2 Å². The van der Waals surface area contributed by atoms with Gasteiger partial charge in [-0.3, -0.25) is 0 Å². The summed E-state index contributed by atoms with van der Waals surface area (Å²) in [7, 11) is 0. The van der Waals surface area contributed by atoms with E-state index in [4.69, 9.17) is 0 Å². The van der Waals surface area contributed by atoms with E-state index < -0.39 is 0 Å². The van der Waals surface area contributed by atoms with Gasteiger partial charge in [0.1, 0.15) is 0 Å². The first-order chi connectivity index (χ1) is 23.8. The summed E-state index contributed by atoms with van der Waals surface area (Å²) >= 11 is 0. The smallest absolute Gasteiger partial charge is 0.0320 e. The van der Waals surface area contributed by atoms with Crippen LogP contribution in [-0.4, -0.2) is 0 Å². The summed E-state index contributed by atoms with van der Waals surface area (Å²) < 4.78 is 0. The fourth-order valence-electron chi connectivity index (χ4n) is 7.44. The molecule has 0 aliphatic carbocycles. The van der Waals surface area contributed by atoms with Crippen LogP contribution in [0.5, 0.6) is 0 Å². The minimum Gasteiger partial charge on any atom is -0.103 e. The molecule has 0 fully saturated rings. The Hall–Kier alpha value is -0.780. The van der Waals surface area contributed by atoms with E-state index in [9.17, 15) is 0 Å². The molecule has 284 valence electrons. The SMILES string of the molecule is C=CCCCCCCCCCCCCCCC(=CCCCCCCCCCCCCCCCC)CCCCCCCCCCCCC=C. The van der Waals surface area contributed by atoms with Crippen LogP contribution in [0.3, 0.4) is 0 Å². The van der Waals surface area contributed by atoms with Crippen molar-refractivity contribution in [3.63, 3.8) is 0 Å². The predicted octanol–water partition coefficient (Wildman–Crippen LogP) is 18.3. The molecule has 0 saturated heterocycles. The van der Waals surface area contributed by atoms with E-state index in [2.05, 4.69) is 38.3 Å². The van der Waals surface area contributed by atoms with E-state index in [1.54, 1.807) is 0 Å². The van der Waals surface area contributed by atoms with E-state index in [0.717, 1.165) is 0 Å². The standard InChI is InChI=1S/C48H92/c1-4-7-10-13-16-19-22-25-27-29-32-35-38-41-44-47-48(45-42-39-36-33-30-24-21-18-15-12-9-6-3)46-43-40-37-34-31-28-26-23-20-17-14-11-8-5-2/h5-6,47H,2-4,7-46H2,1H3. The molecule has 0 radical (unpaired) electrons. The van der Waals surface area contributed by atoms with Crippen LogP contribution in [0.15, 0.2) is 37.0 Å². The maximum atomic E-state index is 3.84. The fraction of sp³-hybridized carbons (Fsp3) is 0.875. The molecule has 0 unspecified atom stereocenters. The summed E-state index contributed by atoms with van der Waals surface area (Å²) in [5.41, 5.74) is 1.82. The Balaban J connectivity index is 4.00. The van der Waals surface area contributed by atoms with Gasteiger partial charge in [-0.15, -0.1) is 13.2 Å². The molecule has 48 heavy (non-hydrogen) atoms. The molecule has 0 N–H and O–H groups in total. The van der Waals surface area contributed by atoms with Crippen LogP contribution in [-0.2, 0) is 0 Å². The van der Waals surface area contributed by atoms with E-state index >= 15 is 0 Å². The molecule has 0 atom stereocenters. The summed E-state index contributed by atoms with van der Waals surface area (Å²) in [4.78, 5) is 0. The van der Waals surface area contributed by atoms with Gasteiger partial charge in [0.05, 0.1) is 0 Å². The maximum absolute atomic E-state index is 3.84. The minimum absolute atomic E-state index is 1.20. The third-order valence-electron chi connectivity index (χ3n) is 10.8. The molecule has 0 spiro atoms. The summed E-state index contributed by atoms with van der Waals surface area (Å²) in [6, 6.07) is 0. The lowest BCUT2D eigenvalue weighted by Gasteiger charge is -2.09. The maximum Gasteiger partial charge on any atom is -0.0320 e. The van der Waals surface area contributed by atoms with Crippen molar-refractivity contribution in [2.45, 2.75) is 270 Å². The van der Waals surface area contributed by atoms with Gasteiger partial charge >= 0.3 is 0 Å². The highest BCUT2D eigenvalue weighted by atomic mass is 14.1. The Kier molecular flexibility index (Phi) is 43.5.